The Morgan fingerprint density at radius 3 is 2.75 bits per heavy atom. The first-order chi connectivity index (χ1) is 11.6. The molecule has 1 aromatic heterocycles. The van der Waals surface area contributed by atoms with E-state index in [1.54, 1.807) is 18.3 Å². The lowest BCUT2D eigenvalue weighted by atomic mass is 9.79. The van der Waals surface area contributed by atoms with Crippen LogP contribution in [-0.4, -0.2) is 28.2 Å². The second kappa shape index (κ2) is 9.62. The van der Waals surface area contributed by atoms with E-state index >= 15 is 0 Å². The van der Waals surface area contributed by atoms with Crippen molar-refractivity contribution in [2.24, 2.45) is 11.8 Å². The molecule has 0 spiro atoms. The molecule has 24 heavy (non-hydrogen) atoms. The monoisotopic (exact) mass is 334 g/mol. The van der Waals surface area contributed by atoms with Gasteiger partial charge in [0.15, 0.2) is 0 Å². The van der Waals surface area contributed by atoms with Crippen molar-refractivity contribution in [3.05, 3.63) is 34.7 Å². The number of unbranched alkanes of at least 4 members (excludes halogenated alkanes) is 1. The fourth-order valence-electron chi connectivity index (χ4n) is 3.47. The van der Waals surface area contributed by atoms with Gasteiger partial charge in [-0.3, -0.25) is 9.59 Å². The molecular weight excluding hydrogens is 304 g/mol. The number of aromatic nitrogens is 1. The largest absolute Gasteiger partial charge is 0.389 e. The van der Waals surface area contributed by atoms with Crippen LogP contribution < -0.4 is 10.9 Å². The van der Waals surface area contributed by atoms with Crippen LogP contribution in [0.5, 0.6) is 0 Å². The third-order valence-corrected chi connectivity index (χ3v) is 5.00. The van der Waals surface area contributed by atoms with Crippen LogP contribution in [0.2, 0.25) is 0 Å². The van der Waals surface area contributed by atoms with Crippen molar-refractivity contribution in [2.45, 2.75) is 64.5 Å². The molecule has 2 rings (SSSR count). The van der Waals surface area contributed by atoms with E-state index in [-0.39, 0.29) is 30.5 Å². The van der Waals surface area contributed by atoms with Gasteiger partial charge in [0.05, 0.1) is 12.6 Å². The molecular formula is C19H30N2O3. The molecule has 1 amide bonds. The molecule has 5 heteroatoms. The minimum Gasteiger partial charge on any atom is -0.389 e. The maximum Gasteiger partial charge on any atom is 0.250 e. The fourth-order valence-corrected chi connectivity index (χ4v) is 3.47. The lowest BCUT2D eigenvalue weighted by Crippen LogP contribution is -2.40. The average Bonchev–Trinajstić information content (AvgIpc) is 2.60. The predicted molar refractivity (Wildman–Crippen MR) is 94.7 cm³/mol. The molecule has 0 bridgehead atoms. The van der Waals surface area contributed by atoms with Gasteiger partial charge >= 0.3 is 0 Å². The Balaban J connectivity index is 1.69. The van der Waals surface area contributed by atoms with Gasteiger partial charge in [-0.2, -0.15) is 0 Å². The molecule has 1 aliphatic carbocycles. The Bertz CT molecular complexity index is 562. The zero-order valence-corrected chi connectivity index (χ0v) is 14.6. The van der Waals surface area contributed by atoms with E-state index in [4.69, 9.17) is 0 Å². The van der Waals surface area contributed by atoms with E-state index in [1.165, 1.54) is 29.9 Å². The van der Waals surface area contributed by atoms with Crippen molar-refractivity contribution in [1.82, 2.24) is 9.88 Å². The standard InChI is InChI=1S/C19H30N2O3/c1-2-3-6-15-8-10-16(11-9-15)19(24)20-13-17(22)14-21-12-5-4-7-18(21)23/h4-5,7,12,15-17,22H,2-3,6,8-11,13-14H2,1H3,(H,20,24). The summed E-state index contributed by atoms with van der Waals surface area (Å²) in [7, 11) is 0. The van der Waals surface area contributed by atoms with Crippen LogP contribution in [0.4, 0.5) is 0 Å². The molecule has 1 aliphatic rings. The van der Waals surface area contributed by atoms with Crippen LogP contribution in [0.15, 0.2) is 29.2 Å². The maximum atomic E-state index is 12.3. The SMILES string of the molecule is CCCCC1CCC(C(=O)NCC(O)Cn2ccccc2=O)CC1. The van der Waals surface area contributed by atoms with E-state index in [0.717, 1.165) is 31.6 Å². The van der Waals surface area contributed by atoms with Crippen molar-refractivity contribution in [1.29, 1.82) is 0 Å². The summed E-state index contributed by atoms with van der Waals surface area (Å²) in [5, 5.41) is 12.9. The number of amides is 1. The molecule has 0 saturated heterocycles. The van der Waals surface area contributed by atoms with Crippen molar-refractivity contribution < 1.29 is 9.90 Å². The number of rotatable bonds is 8. The molecule has 0 radical (unpaired) electrons. The summed E-state index contributed by atoms with van der Waals surface area (Å²) in [6.45, 7) is 2.60. The second-order valence-electron chi connectivity index (χ2n) is 6.95. The number of pyridine rings is 1. The van der Waals surface area contributed by atoms with E-state index < -0.39 is 6.10 Å². The number of hydrogen-bond donors (Lipinski definition) is 2. The summed E-state index contributed by atoms with van der Waals surface area (Å²) in [6, 6.07) is 4.88. The Kier molecular flexibility index (Phi) is 7.50. The summed E-state index contributed by atoms with van der Waals surface area (Å²) in [4.78, 5) is 23.9. The van der Waals surface area contributed by atoms with Crippen LogP contribution in [0, 0.1) is 11.8 Å². The maximum absolute atomic E-state index is 12.3. The highest BCUT2D eigenvalue weighted by atomic mass is 16.3. The lowest BCUT2D eigenvalue weighted by Gasteiger charge is -2.28. The smallest absolute Gasteiger partial charge is 0.250 e. The highest BCUT2D eigenvalue weighted by Crippen LogP contribution is 2.31. The molecule has 1 unspecified atom stereocenters. The summed E-state index contributed by atoms with van der Waals surface area (Å²) in [5.41, 5.74) is -0.145. The molecule has 1 aromatic rings. The van der Waals surface area contributed by atoms with E-state index in [1.807, 2.05) is 0 Å². The zero-order chi connectivity index (χ0) is 17.4. The van der Waals surface area contributed by atoms with E-state index in [2.05, 4.69) is 12.2 Å². The quantitative estimate of drug-likeness (QED) is 0.766. The number of carbonyl (C=O) groups is 1. The summed E-state index contributed by atoms with van der Waals surface area (Å²) in [5.74, 6) is 0.905. The molecule has 1 heterocycles. The predicted octanol–water partition coefficient (Wildman–Crippen LogP) is 2.32. The second-order valence-corrected chi connectivity index (χ2v) is 6.95. The van der Waals surface area contributed by atoms with Crippen LogP contribution in [-0.2, 0) is 11.3 Å². The van der Waals surface area contributed by atoms with Crippen LogP contribution >= 0.6 is 0 Å². The van der Waals surface area contributed by atoms with Gasteiger partial charge < -0.3 is 15.0 Å². The molecule has 1 fully saturated rings. The number of carbonyl (C=O) groups excluding carboxylic acids is 1. The number of nitrogens with one attached hydrogen (secondary N) is 1. The van der Waals surface area contributed by atoms with Gasteiger partial charge in [-0.05, 0) is 37.7 Å². The van der Waals surface area contributed by atoms with Gasteiger partial charge in [-0.25, -0.2) is 0 Å². The Morgan fingerprint density at radius 2 is 2.08 bits per heavy atom. The summed E-state index contributed by atoms with van der Waals surface area (Å²) in [6.07, 6.45) is 8.88. The average molecular weight is 334 g/mol. The Labute approximate surface area is 144 Å². The fraction of sp³-hybridized carbons (Fsp3) is 0.684. The third kappa shape index (κ3) is 5.78. The normalized spacial score (nSPS) is 22.1. The number of nitrogens with zero attached hydrogens (tertiary/aromatic N) is 1. The van der Waals surface area contributed by atoms with Crippen LogP contribution in [0.25, 0.3) is 0 Å². The molecule has 2 N–H and O–H groups in total. The summed E-state index contributed by atoms with van der Waals surface area (Å²) < 4.78 is 1.45. The Morgan fingerprint density at radius 1 is 1.33 bits per heavy atom. The van der Waals surface area contributed by atoms with Crippen LogP contribution in [0.1, 0.15) is 51.9 Å². The molecule has 0 aromatic carbocycles. The van der Waals surface area contributed by atoms with Crippen molar-refractivity contribution in [3.8, 4) is 0 Å². The topological polar surface area (TPSA) is 71.3 Å². The lowest BCUT2D eigenvalue weighted by molar-refractivity contribution is -0.126. The van der Waals surface area contributed by atoms with Crippen molar-refractivity contribution in [3.63, 3.8) is 0 Å². The molecule has 1 atom stereocenters. The first-order valence-electron chi connectivity index (χ1n) is 9.21. The molecule has 0 aliphatic heterocycles. The third-order valence-electron chi connectivity index (χ3n) is 5.00. The summed E-state index contributed by atoms with van der Waals surface area (Å²) >= 11 is 0. The van der Waals surface area contributed by atoms with Gasteiger partial charge in [0.2, 0.25) is 5.91 Å². The molecule has 5 nitrogen and oxygen atoms in total. The van der Waals surface area contributed by atoms with Crippen molar-refractivity contribution >= 4 is 5.91 Å². The zero-order valence-electron chi connectivity index (χ0n) is 14.6. The van der Waals surface area contributed by atoms with Gasteiger partial charge in [0, 0.05) is 24.7 Å². The van der Waals surface area contributed by atoms with Crippen LogP contribution in [0.3, 0.4) is 0 Å². The highest BCUT2D eigenvalue weighted by Gasteiger charge is 2.26. The highest BCUT2D eigenvalue weighted by molar-refractivity contribution is 5.78. The van der Waals surface area contributed by atoms with Gasteiger partial charge in [0.25, 0.3) is 5.56 Å². The first kappa shape index (κ1) is 18.7. The van der Waals surface area contributed by atoms with Crippen molar-refractivity contribution in [2.75, 3.05) is 6.54 Å². The first-order valence-corrected chi connectivity index (χ1v) is 9.21. The van der Waals surface area contributed by atoms with Gasteiger partial charge in [-0.15, -0.1) is 0 Å². The number of hydrogen-bond acceptors (Lipinski definition) is 3. The Hall–Kier alpha value is -1.62. The number of aliphatic hydroxyl groups is 1. The van der Waals surface area contributed by atoms with Gasteiger partial charge in [0.1, 0.15) is 0 Å². The molecule has 134 valence electrons. The van der Waals surface area contributed by atoms with E-state index in [0.29, 0.717) is 0 Å². The minimum absolute atomic E-state index is 0.0448. The minimum atomic E-state index is -0.755. The molecule has 1 saturated carbocycles. The number of aliphatic hydroxyl groups excluding tert-OH is 1. The van der Waals surface area contributed by atoms with Gasteiger partial charge in [-0.1, -0.05) is 32.3 Å². The van der Waals surface area contributed by atoms with E-state index in [9.17, 15) is 14.7 Å².